The summed E-state index contributed by atoms with van der Waals surface area (Å²) in [7, 11) is 0. The maximum Gasteiger partial charge on any atom is 0.338 e. The van der Waals surface area contributed by atoms with Crippen molar-refractivity contribution in [2.24, 2.45) is 0 Å². The van der Waals surface area contributed by atoms with Crippen molar-refractivity contribution in [3.63, 3.8) is 0 Å². The zero-order valence-corrected chi connectivity index (χ0v) is 14.6. The number of carbonyl (C=O) groups is 2. The van der Waals surface area contributed by atoms with Gasteiger partial charge in [0.25, 0.3) is 0 Å². The largest absolute Gasteiger partial charge is 0.462 e. The van der Waals surface area contributed by atoms with Gasteiger partial charge in [0.05, 0.1) is 12.2 Å². The molecule has 3 rings (SSSR count). The molecule has 0 aliphatic heterocycles. The Morgan fingerprint density at radius 3 is 2.81 bits per heavy atom. The van der Waals surface area contributed by atoms with Gasteiger partial charge in [0.15, 0.2) is 0 Å². The predicted octanol–water partition coefficient (Wildman–Crippen LogP) is 4.57. The second-order valence-corrected chi connectivity index (χ2v) is 5.81. The average Bonchev–Trinajstić information content (AvgIpc) is 3.02. The van der Waals surface area contributed by atoms with E-state index in [0.29, 0.717) is 23.6 Å². The first kappa shape index (κ1) is 17.5. The maximum atomic E-state index is 12.1. The minimum atomic E-state index is -0.420. The molecule has 0 radical (unpaired) electrons. The zero-order valence-electron chi connectivity index (χ0n) is 14.6. The molecule has 3 aromatic rings. The molecule has 1 amide bonds. The Labute approximate surface area is 151 Å². The van der Waals surface area contributed by atoms with Crippen LogP contribution in [0.1, 0.15) is 28.6 Å². The number of rotatable bonds is 5. The number of benzene rings is 2. The average molecular weight is 349 g/mol. The number of esters is 1. The third-order valence-corrected chi connectivity index (χ3v) is 3.73. The van der Waals surface area contributed by atoms with Gasteiger partial charge in [-0.3, -0.25) is 4.79 Å². The molecular formula is C21H19NO4. The molecule has 26 heavy (non-hydrogen) atoms. The highest BCUT2D eigenvalue weighted by Crippen LogP contribution is 2.21. The van der Waals surface area contributed by atoms with E-state index in [2.05, 4.69) is 5.32 Å². The fraction of sp³-hybridized carbons (Fsp3) is 0.143. The van der Waals surface area contributed by atoms with E-state index in [4.69, 9.17) is 9.15 Å². The van der Waals surface area contributed by atoms with Crippen molar-refractivity contribution in [1.29, 1.82) is 0 Å². The number of hydrogen-bond donors (Lipinski definition) is 1. The Morgan fingerprint density at radius 2 is 2.00 bits per heavy atom. The summed E-state index contributed by atoms with van der Waals surface area (Å²) in [4.78, 5) is 23.8. The molecule has 1 N–H and O–H groups in total. The Morgan fingerprint density at radius 1 is 1.15 bits per heavy atom. The summed E-state index contributed by atoms with van der Waals surface area (Å²) in [5.74, 6) is -0.139. The minimum absolute atomic E-state index is 0.301. The molecule has 5 heteroatoms. The van der Waals surface area contributed by atoms with Crippen LogP contribution in [-0.2, 0) is 9.53 Å². The first-order valence-electron chi connectivity index (χ1n) is 8.31. The molecule has 0 fully saturated rings. The number of furan rings is 1. The van der Waals surface area contributed by atoms with Gasteiger partial charge in [0.1, 0.15) is 11.3 Å². The fourth-order valence-electron chi connectivity index (χ4n) is 2.55. The minimum Gasteiger partial charge on any atom is -0.462 e. The standard InChI is InChI=1S/C21H19NO4/c1-3-25-21(24)15-5-4-6-17(12-15)22-20(23)10-8-18-13-16-11-14(2)7-9-19(16)26-18/h4-13H,3H2,1-2H3,(H,22,23)/b10-8+. The summed E-state index contributed by atoms with van der Waals surface area (Å²) in [6.07, 6.45) is 3.00. The number of carbonyl (C=O) groups excluding carboxylic acids is 2. The molecule has 0 atom stereocenters. The third-order valence-electron chi connectivity index (χ3n) is 3.73. The van der Waals surface area contributed by atoms with Crippen LogP contribution in [0.5, 0.6) is 0 Å². The van der Waals surface area contributed by atoms with Crippen LogP contribution in [0.15, 0.2) is 59.0 Å². The van der Waals surface area contributed by atoms with Crippen molar-refractivity contribution in [3.8, 4) is 0 Å². The summed E-state index contributed by atoms with van der Waals surface area (Å²) in [6, 6.07) is 14.4. The van der Waals surface area contributed by atoms with E-state index in [1.54, 1.807) is 37.3 Å². The van der Waals surface area contributed by atoms with E-state index in [-0.39, 0.29) is 5.91 Å². The zero-order chi connectivity index (χ0) is 18.5. The Kier molecular flexibility index (Phi) is 5.17. The van der Waals surface area contributed by atoms with Crippen molar-refractivity contribution in [2.45, 2.75) is 13.8 Å². The first-order valence-corrected chi connectivity index (χ1v) is 8.31. The van der Waals surface area contributed by atoms with Crippen molar-refractivity contribution < 1.29 is 18.7 Å². The Bertz CT molecular complexity index is 985. The molecule has 1 aromatic heterocycles. The van der Waals surface area contributed by atoms with E-state index in [1.807, 2.05) is 31.2 Å². The highest BCUT2D eigenvalue weighted by molar-refractivity contribution is 6.02. The maximum absolute atomic E-state index is 12.1. The van der Waals surface area contributed by atoms with Crippen LogP contribution < -0.4 is 5.32 Å². The van der Waals surface area contributed by atoms with Gasteiger partial charge in [-0.05, 0) is 56.3 Å². The van der Waals surface area contributed by atoms with E-state index in [0.717, 1.165) is 16.5 Å². The monoisotopic (exact) mass is 349 g/mol. The third kappa shape index (κ3) is 4.19. The van der Waals surface area contributed by atoms with Crippen molar-refractivity contribution in [1.82, 2.24) is 0 Å². The number of nitrogens with one attached hydrogen (secondary N) is 1. The van der Waals surface area contributed by atoms with Crippen molar-refractivity contribution in [2.75, 3.05) is 11.9 Å². The second kappa shape index (κ2) is 7.70. The Balaban J connectivity index is 1.68. The molecule has 0 aliphatic carbocycles. The summed E-state index contributed by atoms with van der Waals surface area (Å²) < 4.78 is 10.6. The van der Waals surface area contributed by atoms with Gasteiger partial charge in [0, 0.05) is 17.1 Å². The summed E-state index contributed by atoms with van der Waals surface area (Å²) in [5, 5.41) is 3.71. The van der Waals surface area contributed by atoms with Crippen LogP contribution in [0.25, 0.3) is 17.0 Å². The molecule has 0 bridgehead atoms. The molecule has 0 saturated heterocycles. The van der Waals surface area contributed by atoms with Gasteiger partial charge in [0.2, 0.25) is 5.91 Å². The van der Waals surface area contributed by atoms with E-state index in [1.165, 1.54) is 6.08 Å². The molecule has 2 aromatic carbocycles. The molecule has 0 saturated carbocycles. The number of amides is 1. The van der Waals surface area contributed by atoms with Gasteiger partial charge < -0.3 is 14.5 Å². The van der Waals surface area contributed by atoms with E-state index >= 15 is 0 Å². The van der Waals surface area contributed by atoms with Crippen LogP contribution >= 0.6 is 0 Å². The van der Waals surface area contributed by atoms with Crippen LogP contribution in [0.4, 0.5) is 5.69 Å². The molecule has 1 heterocycles. The lowest BCUT2D eigenvalue weighted by Gasteiger charge is -2.05. The topological polar surface area (TPSA) is 68.5 Å². The van der Waals surface area contributed by atoms with Gasteiger partial charge in [-0.25, -0.2) is 4.79 Å². The number of ether oxygens (including phenoxy) is 1. The van der Waals surface area contributed by atoms with Crippen molar-refractivity contribution in [3.05, 3.63) is 71.5 Å². The molecular weight excluding hydrogens is 330 g/mol. The fourth-order valence-corrected chi connectivity index (χ4v) is 2.55. The highest BCUT2D eigenvalue weighted by atomic mass is 16.5. The van der Waals surface area contributed by atoms with Crippen LogP contribution in [0, 0.1) is 6.92 Å². The lowest BCUT2D eigenvalue weighted by molar-refractivity contribution is -0.111. The second-order valence-electron chi connectivity index (χ2n) is 5.81. The quantitative estimate of drug-likeness (QED) is 0.541. The molecule has 0 unspecified atom stereocenters. The SMILES string of the molecule is CCOC(=O)c1cccc(NC(=O)/C=C/c2cc3cc(C)ccc3o2)c1. The van der Waals surface area contributed by atoms with Crippen LogP contribution in [0.2, 0.25) is 0 Å². The molecule has 0 spiro atoms. The molecule has 132 valence electrons. The van der Waals surface area contributed by atoms with Gasteiger partial charge >= 0.3 is 5.97 Å². The summed E-state index contributed by atoms with van der Waals surface area (Å²) >= 11 is 0. The van der Waals surface area contributed by atoms with Gasteiger partial charge in [-0.1, -0.05) is 17.7 Å². The number of hydrogen-bond acceptors (Lipinski definition) is 4. The Hall–Kier alpha value is -3.34. The van der Waals surface area contributed by atoms with E-state index < -0.39 is 5.97 Å². The molecule has 5 nitrogen and oxygen atoms in total. The van der Waals surface area contributed by atoms with Gasteiger partial charge in [-0.2, -0.15) is 0 Å². The van der Waals surface area contributed by atoms with E-state index in [9.17, 15) is 9.59 Å². The summed E-state index contributed by atoms with van der Waals surface area (Å²) in [5.41, 5.74) is 2.83. The van der Waals surface area contributed by atoms with Crippen LogP contribution in [-0.4, -0.2) is 18.5 Å². The lowest BCUT2D eigenvalue weighted by atomic mass is 10.2. The normalized spacial score (nSPS) is 11.0. The van der Waals surface area contributed by atoms with Crippen LogP contribution in [0.3, 0.4) is 0 Å². The highest BCUT2D eigenvalue weighted by Gasteiger charge is 2.08. The number of anilines is 1. The summed E-state index contributed by atoms with van der Waals surface area (Å²) in [6.45, 7) is 4.06. The molecule has 0 aliphatic rings. The lowest BCUT2D eigenvalue weighted by Crippen LogP contribution is -2.09. The smallest absolute Gasteiger partial charge is 0.338 e. The first-order chi connectivity index (χ1) is 12.5. The number of fused-ring (bicyclic) bond motifs is 1. The predicted molar refractivity (Wildman–Crippen MR) is 101 cm³/mol. The number of aryl methyl sites for hydroxylation is 1. The van der Waals surface area contributed by atoms with Crippen molar-refractivity contribution >= 4 is 34.6 Å². The van der Waals surface area contributed by atoms with Gasteiger partial charge in [-0.15, -0.1) is 0 Å².